The van der Waals surface area contributed by atoms with Gasteiger partial charge in [0.25, 0.3) is 5.91 Å². The van der Waals surface area contributed by atoms with Crippen LogP contribution in [0.4, 0.5) is 4.79 Å². The molecule has 2 aliphatic rings. The molecule has 2 saturated heterocycles. The Morgan fingerprint density at radius 3 is 1.95 bits per heavy atom. The molecule has 6 rings (SSSR count). The summed E-state index contributed by atoms with van der Waals surface area (Å²) in [5, 5.41) is 42.8. The van der Waals surface area contributed by atoms with Crippen LogP contribution in [-0.2, 0) is 71.9 Å². The van der Waals surface area contributed by atoms with Gasteiger partial charge < -0.3 is 89.6 Å². The third-order valence-corrected chi connectivity index (χ3v) is 14.8. The molecule has 91 heavy (non-hydrogen) atoms. The molecular formula is C59H84N18O14. The van der Waals surface area contributed by atoms with E-state index < -0.39 is 132 Å². The van der Waals surface area contributed by atoms with Crippen LogP contribution in [0.5, 0.6) is 5.75 Å². The van der Waals surface area contributed by atoms with Crippen LogP contribution in [0.3, 0.4) is 0 Å². The number of fused-ring (bicyclic) bond motifs is 1. The predicted molar refractivity (Wildman–Crippen MR) is 329 cm³/mol. The van der Waals surface area contributed by atoms with Gasteiger partial charge in [0.15, 0.2) is 5.96 Å². The van der Waals surface area contributed by atoms with Crippen LogP contribution in [0, 0.1) is 5.92 Å². The smallest absolute Gasteiger partial charge is 0.330 e. The quantitative estimate of drug-likeness (QED) is 0.0103. The first-order valence-electron chi connectivity index (χ1n) is 29.9. The number of hydrogen-bond acceptors (Lipinski definition) is 16. The SMILES string of the molecule is CC(C)C[C@H](NC(=O)[C@@H](COC(C)(C)C)NC(=O)[C@H](Cc1ccc(O)cc1)NC(=O)[C@H](CO)NC(=O)[C@H](Cc1c[nH]c2ccccc12)NC(=O)[C@H](Cc1cnc[nH]1)NC(=O)[C@H]1CCC(=O)N1)C(=O)N[C@@H](CCCN=C(N)N)C(=O)N1CCC[C@H]1C(=O)NNC(N)=O. The second kappa shape index (κ2) is 33.1. The number of primary amides is 1. The number of rotatable bonds is 31. The van der Waals surface area contributed by atoms with Crippen LogP contribution in [0.25, 0.3) is 10.9 Å². The van der Waals surface area contributed by atoms with Gasteiger partial charge in [0.2, 0.25) is 53.2 Å². The first-order valence-corrected chi connectivity index (χ1v) is 29.9. The lowest BCUT2D eigenvalue weighted by atomic mass is 10.0. The summed E-state index contributed by atoms with van der Waals surface area (Å²) in [5.41, 5.74) is 21.6. The number of carbonyl (C=O) groups excluding carboxylic acids is 11. The van der Waals surface area contributed by atoms with Gasteiger partial charge in [0, 0.05) is 67.8 Å². The molecule has 4 aromatic rings. The normalized spacial score (nSPS) is 17.0. The highest BCUT2D eigenvalue weighted by Crippen LogP contribution is 2.22. The average Bonchev–Trinajstić information content (AvgIpc) is 1.85. The van der Waals surface area contributed by atoms with Gasteiger partial charge in [0.05, 0.1) is 25.1 Å². The fraction of sp³-hybridized carbons (Fsp3) is 0.508. The summed E-state index contributed by atoms with van der Waals surface area (Å²) in [4.78, 5) is 167. The second-order valence-corrected chi connectivity index (χ2v) is 23.7. The van der Waals surface area contributed by atoms with Crippen LogP contribution in [0.1, 0.15) is 96.4 Å². The molecular weight excluding hydrogens is 1180 g/mol. The van der Waals surface area contributed by atoms with Gasteiger partial charge >= 0.3 is 6.03 Å². The molecule has 2 aliphatic heterocycles. The number of amides is 12. The monoisotopic (exact) mass is 1270 g/mol. The number of aromatic hydroxyl groups is 1. The lowest BCUT2D eigenvalue weighted by Crippen LogP contribution is -2.62. The fourth-order valence-electron chi connectivity index (χ4n) is 10.2. The van der Waals surface area contributed by atoms with Crippen molar-refractivity contribution in [3.05, 3.63) is 84.1 Å². The second-order valence-electron chi connectivity index (χ2n) is 23.7. The van der Waals surface area contributed by atoms with Crippen molar-refractivity contribution in [2.24, 2.45) is 28.1 Å². The van der Waals surface area contributed by atoms with E-state index >= 15 is 0 Å². The summed E-state index contributed by atoms with van der Waals surface area (Å²) in [7, 11) is 0. The zero-order valence-electron chi connectivity index (χ0n) is 51.4. The highest BCUT2D eigenvalue weighted by Gasteiger charge is 2.40. The average molecular weight is 1270 g/mol. The van der Waals surface area contributed by atoms with Gasteiger partial charge in [-0.15, -0.1) is 0 Å². The Morgan fingerprint density at radius 1 is 0.725 bits per heavy atom. The van der Waals surface area contributed by atoms with E-state index in [1.54, 1.807) is 65.1 Å². The largest absolute Gasteiger partial charge is 0.508 e. The number of likely N-dealkylation sites (tertiary alicyclic amines) is 1. The Labute approximate surface area is 524 Å². The number of para-hydroxylation sites is 1. The van der Waals surface area contributed by atoms with E-state index in [2.05, 4.69) is 67.9 Å². The summed E-state index contributed by atoms with van der Waals surface area (Å²) >= 11 is 0. The Morgan fingerprint density at radius 2 is 1.33 bits per heavy atom. The van der Waals surface area contributed by atoms with Gasteiger partial charge in [-0.1, -0.05) is 44.2 Å². The van der Waals surface area contributed by atoms with Crippen molar-refractivity contribution in [2.45, 2.75) is 159 Å². The highest BCUT2D eigenvalue weighted by atomic mass is 16.5. The molecule has 0 saturated carbocycles. The van der Waals surface area contributed by atoms with Gasteiger partial charge in [-0.25, -0.2) is 15.2 Å². The molecule has 2 aromatic carbocycles. The van der Waals surface area contributed by atoms with Gasteiger partial charge in [-0.2, -0.15) is 0 Å². The van der Waals surface area contributed by atoms with Crippen LogP contribution in [0.15, 0.2) is 72.2 Å². The molecule has 494 valence electrons. The van der Waals surface area contributed by atoms with E-state index in [4.69, 9.17) is 21.9 Å². The number of benzene rings is 2. The number of carbonyl (C=O) groups is 11. The summed E-state index contributed by atoms with van der Waals surface area (Å²) in [6.07, 6.45) is 4.91. The number of H-pyrrole nitrogens is 2. The summed E-state index contributed by atoms with van der Waals surface area (Å²) in [6, 6.07) is -0.716. The standard InChI is InChI=1S/C59H84N18O14/c1-31(2)22-40(49(82)68-39(12-8-20-64-57(60)61)56(89)77-21-9-13-46(77)55(88)75-76-58(62)90)69-54(87)45(29-91-59(3,4)5)74-50(83)41(23-32-14-16-35(79)17-15-32)70-53(86)44(28-78)73-51(84)42(24-33-26-65-37-11-7-6-10-36(33)37)71-52(85)43(25-34-27-63-30-66-34)72-48(81)38-18-19-47(80)67-38/h6-7,10-11,14-17,26-27,30-31,38-46,65,78-79H,8-9,12-13,18-25,28-29H2,1-5H3,(H,63,66)(H,67,80)(H,68,82)(H,69,87)(H,70,86)(H,71,85)(H,72,81)(H,73,84)(H,74,83)(H,75,88)(H4,60,61,64)(H3,62,76,90)/t38-,39+,40+,41+,42+,43+,44+,45-,46+/m1/s1. The van der Waals surface area contributed by atoms with Crippen molar-refractivity contribution in [2.75, 3.05) is 26.3 Å². The molecule has 0 unspecified atom stereocenters. The van der Waals surface area contributed by atoms with E-state index in [9.17, 15) is 63.0 Å². The van der Waals surface area contributed by atoms with Crippen LogP contribution < -0.4 is 70.6 Å². The van der Waals surface area contributed by atoms with Crippen LogP contribution in [0.2, 0.25) is 0 Å². The number of imidazole rings is 1. The maximum absolute atomic E-state index is 14.8. The number of guanidine groups is 1. The zero-order chi connectivity index (χ0) is 66.5. The first kappa shape index (κ1) is 70.2. The third kappa shape index (κ3) is 21.7. The predicted octanol–water partition coefficient (Wildman–Crippen LogP) is -3.11. The number of urea groups is 1. The number of phenols is 1. The Balaban J connectivity index is 1.24. The molecule has 12 amide bonds. The Hall–Kier alpha value is -9.85. The van der Waals surface area contributed by atoms with Crippen molar-refractivity contribution in [1.82, 2.24) is 73.2 Å². The van der Waals surface area contributed by atoms with Crippen molar-refractivity contribution in [3.8, 4) is 5.75 Å². The molecule has 0 aliphatic carbocycles. The number of nitrogens with one attached hydrogen (secondary N) is 12. The van der Waals surface area contributed by atoms with Crippen molar-refractivity contribution in [3.63, 3.8) is 0 Å². The first-order chi connectivity index (χ1) is 43.2. The number of aromatic nitrogens is 3. The number of nitrogens with zero attached hydrogens (tertiary/aromatic N) is 3. The summed E-state index contributed by atoms with van der Waals surface area (Å²) < 4.78 is 6.03. The Bertz CT molecular complexity index is 3240. The van der Waals surface area contributed by atoms with Gasteiger partial charge in [-0.3, -0.25) is 58.4 Å². The Kier molecular flexibility index (Phi) is 25.6. The minimum atomic E-state index is -1.80. The molecule has 0 radical (unpaired) electrons. The van der Waals surface area contributed by atoms with E-state index in [-0.39, 0.29) is 94.4 Å². The number of nitrogens with two attached hydrogens (primary N) is 3. The van der Waals surface area contributed by atoms with Gasteiger partial charge in [0.1, 0.15) is 60.1 Å². The van der Waals surface area contributed by atoms with Crippen molar-refractivity contribution < 1.29 is 67.7 Å². The molecule has 2 fully saturated rings. The molecule has 0 bridgehead atoms. The number of hydrogen-bond donors (Lipinski definition) is 17. The molecule has 0 spiro atoms. The number of hydrazine groups is 1. The van der Waals surface area contributed by atoms with E-state index in [0.717, 1.165) is 0 Å². The summed E-state index contributed by atoms with van der Waals surface area (Å²) in [5.74, 6) is -8.58. The minimum absolute atomic E-state index is 0.00453. The van der Waals surface area contributed by atoms with E-state index in [0.29, 0.717) is 34.1 Å². The molecule has 4 heterocycles. The van der Waals surface area contributed by atoms with E-state index in [1.807, 2.05) is 5.43 Å². The van der Waals surface area contributed by atoms with Gasteiger partial charge in [-0.05, 0) is 94.5 Å². The molecule has 32 heteroatoms. The lowest BCUT2D eigenvalue weighted by Gasteiger charge is -2.31. The molecule has 32 nitrogen and oxygen atoms in total. The van der Waals surface area contributed by atoms with Crippen molar-refractivity contribution in [1.29, 1.82) is 0 Å². The topological polar surface area (TPSA) is 496 Å². The third-order valence-electron chi connectivity index (χ3n) is 14.8. The van der Waals surface area contributed by atoms with Crippen LogP contribution >= 0.6 is 0 Å². The molecule has 9 atom stereocenters. The van der Waals surface area contributed by atoms with Crippen molar-refractivity contribution >= 4 is 82.0 Å². The summed E-state index contributed by atoms with van der Waals surface area (Å²) in [6.45, 7) is 7.28. The maximum Gasteiger partial charge on any atom is 0.330 e. The zero-order valence-corrected chi connectivity index (χ0v) is 51.4. The highest BCUT2D eigenvalue weighted by molar-refractivity contribution is 5.99. The number of aliphatic hydroxyl groups is 1. The number of aliphatic hydroxyl groups excluding tert-OH is 1. The number of ether oxygens (including phenoxy) is 1. The molecule has 2 aromatic heterocycles. The lowest BCUT2D eigenvalue weighted by molar-refractivity contribution is -0.142. The number of aromatic amines is 2. The fourth-order valence-corrected chi connectivity index (χ4v) is 10.2. The maximum atomic E-state index is 14.8. The van der Waals surface area contributed by atoms with E-state index in [1.165, 1.54) is 41.7 Å². The minimum Gasteiger partial charge on any atom is -0.508 e. The van der Waals surface area contributed by atoms with Crippen LogP contribution in [-0.4, -0.2) is 187 Å². The molecule has 20 N–H and O–H groups in total. The number of aliphatic imine (C=N–C) groups is 1. The number of phenolic OH excluding ortho intramolecular Hbond substituents is 1.